The first kappa shape index (κ1) is 12.6. The van der Waals surface area contributed by atoms with Crippen LogP contribution in [-0.2, 0) is 12.6 Å². The predicted molar refractivity (Wildman–Crippen MR) is 64.1 cm³/mol. The molecular weight excluding hydrogens is 239 g/mol. The van der Waals surface area contributed by atoms with E-state index in [1.807, 2.05) is 19.1 Å². The molecule has 0 aliphatic rings. The van der Waals surface area contributed by atoms with Crippen LogP contribution in [0.25, 0.3) is 11.3 Å². The Bertz CT molecular complexity index is 529. The summed E-state index contributed by atoms with van der Waals surface area (Å²) in [6.45, 7) is 2.02. The number of aryl methyl sites for hydroxylation is 1. The van der Waals surface area contributed by atoms with Gasteiger partial charge in [-0.25, -0.2) is 0 Å². The van der Waals surface area contributed by atoms with E-state index in [4.69, 9.17) is 0 Å². The predicted octanol–water partition coefficient (Wildman–Crippen LogP) is 4.33. The van der Waals surface area contributed by atoms with E-state index in [0.29, 0.717) is 11.3 Å². The lowest BCUT2D eigenvalue weighted by Gasteiger charge is -2.08. The molecular formula is C14H12F3N. The van der Waals surface area contributed by atoms with Crippen LogP contribution in [0.4, 0.5) is 13.2 Å². The van der Waals surface area contributed by atoms with Crippen molar-refractivity contribution in [3.63, 3.8) is 0 Å². The molecule has 1 heterocycles. The highest BCUT2D eigenvalue weighted by Gasteiger charge is 2.29. The van der Waals surface area contributed by atoms with Crippen molar-refractivity contribution < 1.29 is 13.2 Å². The van der Waals surface area contributed by atoms with Crippen LogP contribution < -0.4 is 0 Å². The third-order valence-corrected chi connectivity index (χ3v) is 2.74. The lowest BCUT2D eigenvalue weighted by molar-refractivity contribution is -0.137. The summed E-state index contributed by atoms with van der Waals surface area (Å²) in [5.41, 5.74) is 1.86. The molecule has 18 heavy (non-hydrogen) atoms. The molecule has 0 radical (unpaired) electrons. The summed E-state index contributed by atoms with van der Waals surface area (Å²) in [5.74, 6) is 0. The summed E-state index contributed by atoms with van der Waals surface area (Å²) in [7, 11) is 0. The Labute approximate surface area is 103 Å². The topological polar surface area (TPSA) is 12.9 Å². The zero-order valence-electron chi connectivity index (χ0n) is 9.83. The molecule has 1 nitrogen and oxygen atoms in total. The molecule has 0 N–H and O–H groups in total. The van der Waals surface area contributed by atoms with Crippen molar-refractivity contribution in [2.75, 3.05) is 0 Å². The summed E-state index contributed by atoms with van der Waals surface area (Å²) in [4.78, 5) is 4.17. The number of benzene rings is 1. The Morgan fingerprint density at radius 1 is 1.06 bits per heavy atom. The fourth-order valence-electron chi connectivity index (χ4n) is 1.68. The van der Waals surface area contributed by atoms with Gasteiger partial charge in [0.25, 0.3) is 0 Å². The number of rotatable bonds is 2. The molecule has 0 unspecified atom stereocenters. The molecule has 1 aromatic carbocycles. The Morgan fingerprint density at radius 3 is 2.28 bits per heavy atom. The molecule has 0 aliphatic carbocycles. The van der Waals surface area contributed by atoms with E-state index in [0.717, 1.165) is 24.1 Å². The van der Waals surface area contributed by atoms with Crippen LogP contribution in [0.5, 0.6) is 0 Å². The maximum atomic E-state index is 12.4. The average molecular weight is 251 g/mol. The van der Waals surface area contributed by atoms with Gasteiger partial charge in [-0.2, -0.15) is 13.2 Å². The maximum absolute atomic E-state index is 12.4. The second-order valence-electron chi connectivity index (χ2n) is 3.98. The first-order valence-corrected chi connectivity index (χ1v) is 5.63. The fraction of sp³-hybridized carbons (Fsp3) is 0.214. The van der Waals surface area contributed by atoms with Crippen molar-refractivity contribution in [3.05, 3.63) is 53.7 Å². The van der Waals surface area contributed by atoms with Gasteiger partial charge in [0.05, 0.1) is 11.3 Å². The lowest BCUT2D eigenvalue weighted by Crippen LogP contribution is -2.04. The minimum absolute atomic E-state index is 0.641. The van der Waals surface area contributed by atoms with E-state index >= 15 is 0 Å². The number of halogens is 3. The van der Waals surface area contributed by atoms with E-state index < -0.39 is 11.7 Å². The molecule has 4 heteroatoms. The quantitative estimate of drug-likeness (QED) is 0.774. The molecule has 2 rings (SSSR count). The second-order valence-corrected chi connectivity index (χ2v) is 3.98. The van der Waals surface area contributed by atoms with E-state index in [2.05, 4.69) is 4.98 Å². The fourth-order valence-corrected chi connectivity index (χ4v) is 1.68. The van der Waals surface area contributed by atoms with Gasteiger partial charge in [0.1, 0.15) is 0 Å². The molecule has 0 atom stereocenters. The van der Waals surface area contributed by atoms with Crippen molar-refractivity contribution in [3.8, 4) is 11.3 Å². The van der Waals surface area contributed by atoms with E-state index in [1.54, 1.807) is 6.20 Å². The molecule has 0 saturated carbocycles. The Balaban J connectivity index is 2.34. The normalized spacial score (nSPS) is 11.6. The molecule has 94 valence electrons. The van der Waals surface area contributed by atoms with Gasteiger partial charge < -0.3 is 0 Å². The molecule has 1 aromatic heterocycles. The molecule has 0 fully saturated rings. The second kappa shape index (κ2) is 4.80. The van der Waals surface area contributed by atoms with E-state index in [1.165, 1.54) is 12.1 Å². The maximum Gasteiger partial charge on any atom is 0.416 e. The summed E-state index contributed by atoms with van der Waals surface area (Å²) < 4.78 is 37.3. The Hall–Kier alpha value is -1.84. The standard InChI is InChI=1S/C14H12F3N/c1-2-10-7-8-18-13(9-10)11-3-5-12(6-4-11)14(15,16)17/h3-9H,2H2,1H3. The zero-order chi connectivity index (χ0) is 13.2. The number of hydrogen-bond acceptors (Lipinski definition) is 1. The molecule has 0 saturated heterocycles. The summed E-state index contributed by atoms with van der Waals surface area (Å²) in [6.07, 6.45) is -1.75. The van der Waals surface area contributed by atoms with Gasteiger partial charge in [0.15, 0.2) is 0 Å². The van der Waals surface area contributed by atoms with Crippen LogP contribution in [0, 0.1) is 0 Å². The first-order valence-electron chi connectivity index (χ1n) is 5.63. The summed E-state index contributed by atoms with van der Waals surface area (Å²) in [5, 5.41) is 0. The van der Waals surface area contributed by atoms with Crippen LogP contribution in [0.15, 0.2) is 42.6 Å². The van der Waals surface area contributed by atoms with Crippen molar-refractivity contribution in [1.29, 1.82) is 0 Å². The molecule has 0 spiro atoms. The van der Waals surface area contributed by atoms with Crippen molar-refractivity contribution in [2.24, 2.45) is 0 Å². The van der Waals surface area contributed by atoms with E-state index in [9.17, 15) is 13.2 Å². The highest BCUT2D eigenvalue weighted by Crippen LogP contribution is 2.30. The molecule has 0 bridgehead atoms. The third-order valence-electron chi connectivity index (χ3n) is 2.74. The van der Waals surface area contributed by atoms with Gasteiger partial charge in [-0.15, -0.1) is 0 Å². The highest BCUT2D eigenvalue weighted by atomic mass is 19.4. The SMILES string of the molecule is CCc1ccnc(-c2ccc(C(F)(F)F)cc2)c1. The van der Waals surface area contributed by atoms with Crippen molar-refractivity contribution >= 4 is 0 Å². The smallest absolute Gasteiger partial charge is 0.256 e. The van der Waals surface area contributed by atoms with Gasteiger partial charge in [0, 0.05) is 11.8 Å². The minimum atomic E-state index is -4.29. The minimum Gasteiger partial charge on any atom is -0.256 e. The molecule has 0 amide bonds. The Kier molecular flexibility index (Phi) is 3.36. The van der Waals surface area contributed by atoms with Gasteiger partial charge in [0.2, 0.25) is 0 Å². The Morgan fingerprint density at radius 2 is 1.72 bits per heavy atom. The molecule has 2 aromatic rings. The van der Waals surface area contributed by atoms with Gasteiger partial charge in [-0.1, -0.05) is 19.1 Å². The summed E-state index contributed by atoms with van der Waals surface area (Å²) >= 11 is 0. The van der Waals surface area contributed by atoms with Crippen LogP contribution in [0.2, 0.25) is 0 Å². The van der Waals surface area contributed by atoms with Crippen LogP contribution >= 0.6 is 0 Å². The monoisotopic (exact) mass is 251 g/mol. The number of aromatic nitrogens is 1. The van der Waals surface area contributed by atoms with Crippen molar-refractivity contribution in [2.45, 2.75) is 19.5 Å². The largest absolute Gasteiger partial charge is 0.416 e. The number of pyridine rings is 1. The lowest BCUT2D eigenvalue weighted by atomic mass is 10.1. The zero-order valence-corrected chi connectivity index (χ0v) is 9.83. The van der Waals surface area contributed by atoms with Crippen LogP contribution in [0.3, 0.4) is 0 Å². The molecule has 0 aliphatic heterocycles. The number of hydrogen-bond donors (Lipinski definition) is 0. The highest BCUT2D eigenvalue weighted by molar-refractivity contribution is 5.60. The third kappa shape index (κ3) is 2.70. The van der Waals surface area contributed by atoms with E-state index in [-0.39, 0.29) is 0 Å². The van der Waals surface area contributed by atoms with Gasteiger partial charge >= 0.3 is 6.18 Å². The van der Waals surface area contributed by atoms with Gasteiger partial charge in [-0.05, 0) is 36.2 Å². The van der Waals surface area contributed by atoms with Gasteiger partial charge in [-0.3, -0.25) is 4.98 Å². The number of nitrogens with zero attached hydrogens (tertiary/aromatic N) is 1. The van der Waals surface area contributed by atoms with Crippen LogP contribution in [0.1, 0.15) is 18.1 Å². The van der Waals surface area contributed by atoms with Crippen molar-refractivity contribution in [1.82, 2.24) is 4.98 Å². The van der Waals surface area contributed by atoms with Crippen LogP contribution in [-0.4, -0.2) is 4.98 Å². The first-order chi connectivity index (χ1) is 8.50. The summed E-state index contributed by atoms with van der Waals surface area (Å²) in [6, 6.07) is 8.84. The number of alkyl halides is 3. The average Bonchev–Trinajstić information content (AvgIpc) is 2.38.